The summed E-state index contributed by atoms with van der Waals surface area (Å²) < 4.78 is 0. The molecule has 2 aliphatic carbocycles. The van der Waals surface area contributed by atoms with Gasteiger partial charge in [0.05, 0.1) is 12.5 Å². The van der Waals surface area contributed by atoms with Crippen molar-refractivity contribution in [2.75, 3.05) is 32.7 Å². The second kappa shape index (κ2) is 10.6. The van der Waals surface area contributed by atoms with Crippen molar-refractivity contribution < 1.29 is 9.59 Å². The van der Waals surface area contributed by atoms with Gasteiger partial charge in [-0.25, -0.2) is 0 Å². The van der Waals surface area contributed by atoms with Crippen LogP contribution in [0.25, 0.3) is 0 Å². The number of piperazine rings is 1. The number of amides is 2. The average Bonchev–Trinajstić information content (AvgIpc) is 3.28. The van der Waals surface area contributed by atoms with E-state index in [1.165, 1.54) is 5.56 Å². The van der Waals surface area contributed by atoms with E-state index in [-0.39, 0.29) is 55.1 Å². The molecule has 1 saturated heterocycles. The first-order valence-electron chi connectivity index (χ1n) is 10.2. The van der Waals surface area contributed by atoms with Crippen LogP contribution >= 0.6 is 24.8 Å². The van der Waals surface area contributed by atoms with E-state index in [9.17, 15) is 9.59 Å². The highest BCUT2D eigenvalue weighted by Gasteiger charge is 2.49. The molecule has 2 amide bonds. The molecule has 4 unspecified atom stereocenters. The molecule has 162 valence electrons. The fourth-order valence-corrected chi connectivity index (χ4v) is 5.11. The zero-order valence-electron chi connectivity index (χ0n) is 16.7. The zero-order valence-corrected chi connectivity index (χ0v) is 18.3. The summed E-state index contributed by atoms with van der Waals surface area (Å²) in [5.41, 5.74) is 7.53. The molecule has 1 aromatic rings. The predicted molar refractivity (Wildman–Crippen MR) is 118 cm³/mol. The highest BCUT2D eigenvalue weighted by atomic mass is 35.5. The molecule has 2 bridgehead atoms. The molecule has 3 N–H and O–H groups in total. The molecule has 3 aliphatic rings. The second-order valence-electron chi connectivity index (χ2n) is 8.30. The minimum absolute atomic E-state index is 0. The Morgan fingerprint density at radius 2 is 1.66 bits per heavy atom. The third kappa shape index (κ3) is 5.43. The fourth-order valence-electron chi connectivity index (χ4n) is 5.11. The van der Waals surface area contributed by atoms with Crippen LogP contribution in [-0.4, -0.2) is 60.4 Å². The number of rotatable bonds is 5. The van der Waals surface area contributed by atoms with Gasteiger partial charge in [-0.2, -0.15) is 0 Å². The van der Waals surface area contributed by atoms with E-state index < -0.39 is 0 Å². The van der Waals surface area contributed by atoms with E-state index in [0.29, 0.717) is 11.8 Å². The first-order valence-corrected chi connectivity index (χ1v) is 10.2. The number of nitrogens with one attached hydrogen (secondary N) is 1. The van der Waals surface area contributed by atoms with Gasteiger partial charge in [0.1, 0.15) is 0 Å². The van der Waals surface area contributed by atoms with Crippen LogP contribution in [0.1, 0.15) is 24.8 Å². The SMILES string of the molecule is Cl.Cl.NC1C2CCC(C2)C1C(=O)NCC(=O)N1CCN(Cc2ccccc2)CC1. The summed E-state index contributed by atoms with van der Waals surface area (Å²) in [6.07, 6.45) is 3.34. The van der Waals surface area contributed by atoms with Gasteiger partial charge in [0.15, 0.2) is 0 Å². The smallest absolute Gasteiger partial charge is 0.242 e. The minimum atomic E-state index is -0.0979. The van der Waals surface area contributed by atoms with Crippen LogP contribution < -0.4 is 11.1 Å². The number of hydrogen-bond donors (Lipinski definition) is 2. The summed E-state index contributed by atoms with van der Waals surface area (Å²) in [5.74, 6) is 0.810. The number of hydrogen-bond acceptors (Lipinski definition) is 4. The van der Waals surface area contributed by atoms with Crippen molar-refractivity contribution in [1.82, 2.24) is 15.1 Å². The van der Waals surface area contributed by atoms with Crippen molar-refractivity contribution in [2.45, 2.75) is 31.8 Å². The Hall–Kier alpha value is -1.34. The Morgan fingerprint density at radius 1 is 1.00 bits per heavy atom. The van der Waals surface area contributed by atoms with Crippen molar-refractivity contribution in [1.29, 1.82) is 0 Å². The van der Waals surface area contributed by atoms with Crippen molar-refractivity contribution in [3.63, 3.8) is 0 Å². The molecular formula is C21H32Cl2N4O2. The molecule has 2 saturated carbocycles. The van der Waals surface area contributed by atoms with Gasteiger partial charge in [0.25, 0.3) is 0 Å². The van der Waals surface area contributed by atoms with E-state index in [1.807, 2.05) is 11.0 Å². The molecule has 0 spiro atoms. The predicted octanol–water partition coefficient (Wildman–Crippen LogP) is 1.66. The summed E-state index contributed by atoms with van der Waals surface area (Å²) in [7, 11) is 0. The van der Waals surface area contributed by atoms with Gasteiger partial charge in [0.2, 0.25) is 11.8 Å². The van der Waals surface area contributed by atoms with Gasteiger partial charge in [-0.15, -0.1) is 24.8 Å². The number of carbonyl (C=O) groups excluding carboxylic acids is 2. The quantitative estimate of drug-likeness (QED) is 0.726. The van der Waals surface area contributed by atoms with E-state index in [2.05, 4.69) is 34.5 Å². The van der Waals surface area contributed by atoms with Crippen LogP contribution in [0.15, 0.2) is 30.3 Å². The van der Waals surface area contributed by atoms with Crippen molar-refractivity contribution in [2.24, 2.45) is 23.5 Å². The Balaban J connectivity index is 0.00000150. The van der Waals surface area contributed by atoms with Crippen LogP contribution in [0.3, 0.4) is 0 Å². The fraction of sp³-hybridized carbons (Fsp3) is 0.619. The summed E-state index contributed by atoms with van der Waals surface area (Å²) in [4.78, 5) is 29.2. The number of carbonyl (C=O) groups is 2. The Kier molecular flexibility index (Phi) is 8.76. The van der Waals surface area contributed by atoms with Gasteiger partial charge in [-0.3, -0.25) is 14.5 Å². The lowest BCUT2D eigenvalue weighted by molar-refractivity contribution is -0.135. The number of nitrogens with two attached hydrogens (primary N) is 1. The standard InChI is InChI=1S/C21H30N4O2.2ClH/c22-20-17-7-6-16(12-17)19(20)21(27)23-13-18(26)25-10-8-24(9-11-25)14-15-4-2-1-3-5-15;;/h1-5,16-17,19-20H,6-14,22H2,(H,23,27);2*1H. The van der Waals surface area contributed by atoms with E-state index >= 15 is 0 Å². The molecule has 8 heteroatoms. The lowest BCUT2D eigenvalue weighted by Crippen LogP contribution is -2.52. The van der Waals surface area contributed by atoms with E-state index in [0.717, 1.165) is 52.0 Å². The minimum Gasteiger partial charge on any atom is -0.347 e. The van der Waals surface area contributed by atoms with Crippen molar-refractivity contribution in [3.05, 3.63) is 35.9 Å². The average molecular weight is 443 g/mol. The summed E-state index contributed by atoms with van der Waals surface area (Å²) in [6.45, 7) is 4.18. The van der Waals surface area contributed by atoms with Gasteiger partial charge in [-0.05, 0) is 36.7 Å². The molecule has 1 aliphatic heterocycles. The number of benzene rings is 1. The first kappa shape index (κ1) is 23.9. The van der Waals surface area contributed by atoms with Crippen LogP contribution in [0.5, 0.6) is 0 Å². The molecule has 0 aromatic heterocycles. The summed E-state index contributed by atoms with van der Waals surface area (Å²) in [6, 6.07) is 10.4. The van der Waals surface area contributed by atoms with Crippen LogP contribution in [-0.2, 0) is 16.1 Å². The molecule has 6 nitrogen and oxygen atoms in total. The van der Waals surface area contributed by atoms with Gasteiger partial charge < -0.3 is 16.0 Å². The number of halogens is 2. The monoisotopic (exact) mass is 442 g/mol. The Labute approximate surface area is 185 Å². The van der Waals surface area contributed by atoms with Crippen LogP contribution in [0.4, 0.5) is 0 Å². The molecular weight excluding hydrogens is 411 g/mol. The molecule has 4 rings (SSSR count). The van der Waals surface area contributed by atoms with E-state index in [4.69, 9.17) is 5.73 Å². The third-order valence-corrected chi connectivity index (χ3v) is 6.67. The first-order chi connectivity index (χ1) is 13.1. The lowest BCUT2D eigenvalue weighted by atomic mass is 9.84. The number of fused-ring (bicyclic) bond motifs is 2. The summed E-state index contributed by atoms with van der Waals surface area (Å²) >= 11 is 0. The summed E-state index contributed by atoms with van der Waals surface area (Å²) in [5, 5.41) is 2.86. The molecule has 29 heavy (non-hydrogen) atoms. The van der Waals surface area contributed by atoms with E-state index in [1.54, 1.807) is 0 Å². The topological polar surface area (TPSA) is 78.7 Å². The highest BCUT2D eigenvalue weighted by Crippen LogP contribution is 2.47. The Morgan fingerprint density at radius 3 is 2.28 bits per heavy atom. The maximum atomic E-state index is 12.5. The van der Waals surface area contributed by atoms with Crippen molar-refractivity contribution in [3.8, 4) is 0 Å². The molecule has 1 heterocycles. The van der Waals surface area contributed by atoms with Gasteiger partial charge in [0, 0.05) is 38.8 Å². The lowest BCUT2D eigenvalue weighted by Gasteiger charge is -2.35. The van der Waals surface area contributed by atoms with Gasteiger partial charge >= 0.3 is 0 Å². The molecule has 3 fully saturated rings. The highest BCUT2D eigenvalue weighted by molar-refractivity contribution is 5.86. The zero-order chi connectivity index (χ0) is 18.8. The maximum Gasteiger partial charge on any atom is 0.242 e. The maximum absolute atomic E-state index is 12.5. The van der Waals surface area contributed by atoms with Crippen molar-refractivity contribution >= 4 is 36.6 Å². The van der Waals surface area contributed by atoms with Crippen LogP contribution in [0.2, 0.25) is 0 Å². The number of nitrogens with zero attached hydrogens (tertiary/aromatic N) is 2. The van der Waals surface area contributed by atoms with Crippen LogP contribution in [0, 0.1) is 17.8 Å². The van der Waals surface area contributed by atoms with Gasteiger partial charge in [-0.1, -0.05) is 30.3 Å². The normalized spacial score (nSPS) is 28.4. The largest absolute Gasteiger partial charge is 0.347 e. The second-order valence-corrected chi connectivity index (χ2v) is 8.30. The molecule has 4 atom stereocenters. The molecule has 1 aromatic carbocycles. The Bertz CT molecular complexity index is 681. The third-order valence-electron chi connectivity index (χ3n) is 6.67. The molecule has 0 radical (unpaired) electrons.